The molecule has 0 spiro atoms. The van der Waals surface area contributed by atoms with E-state index in [1.165, 1.54) is 17.0 Å². The van der Waals surface area contributed by atoms with E-state index >= 15 is 0 Å². The maximum atomic E-state index is 11.1. The number of carbonyl (C=O) groups excluding carboxylic acids is 1. The second-order valence-electron chi connectivity index (χ2n) is 4.00. The molecule has 1 aliphatic heterocycles. The summed E-state index contributed by atoms with van der Waals surface area (Å²) in [7, 11) is 0. The van der Waals surface area contributed by atoms with Gasteiger partial charge in [0.25, 0.3) is 5.69 Å². The second kappa shape index (κ2) is 5.18. The summed E-state index contributed by atoms with van der Waals surface area (Å²) >= 11 is 5.44. The van der Waals surface area contributed by atoms with Crippen molar-refractivity contribution >= 4 is 28.2 Å². The topological polar surface area (TPSA) is 63.5 Å². The van der Waals surface area contributed by atoms with Gasteiger partial charge in [-0.3, -0.25) is 14.9 Å². The maximum absolute atomic E-state index is 11.1. The Morgan fingerprint density at radius 2 is 2.22 bits per heavy atom. The Hall–Kier alpha value is -1.88. The summed E-state index contributed by atoms with van der Waals surface area (Å²) in [5.74, 6) is 0. The molecule has 0 unspecified atom stereocenters. The van der Waals surface area contributed by atoms with Crippen LogP contribution in [0.5, 0.6) is 0 Å². The van der Waals surface area contributed by atoms with Gasteiger partial charge in [-0.15, -0.1) is 0 Å². The van der Waals surface area contributed by atoms with Gasteiger partial charge in [0.05, 0.1) is 4.92 Å². The highest BCUT2D eigenvalue weighted by atomic mass is 35.5. The quantitative estimate of drug-likeness (QED) is 0.358. The van der Waals surface area contributed by atoms with Crippen molar-refractivity contribution in [1.29, 1.82) is 0 Å². The number of hydrogen-bond acceptors (Lipinski definition) is 3. The smallest absolute Gasteiger partial charge is 0.316 e. The average molecular weight is 267 g/mol. The third-order valence-electron chi connectivity index (χ3n) is 2.83. The Kier molecular flexibility index (Phi) is 3.62. The highest BCUT2D eigenvalue weighted by molar-refractivity contribution is 6.62. The van der Waals surface area contributed by atoms with Gasteiger partial charge in [-0.2, -0.15) is 0 Å². The van der Waals surface area contributed by atoms with Crippen molar-refractivity contribution in [3.05, 3.63) is 46.0 Å². The van der Waals surface area contributed by atoms with E-state index < -0.39 is 10.3 Å². The zero-order valence-electron chi connectivity index (χ0n) is 9.51. The van der Waals surface area contributed by atoms with Gasteiger partial charge in [0, 0.05) is 25.2 Å². The van der Waals surface area contributed by atoms with Crippen molar-refractivity contribution in [3.8, 4) is 0 Å². The molecule has 0 fully saturated rings. The fraction of sp³-hybridized carbons (Fsp3) is 0.250. The highest BCUT2D eigenvalue weighted by Crippen LogP contribution is 2.24. The molecule has 5 nitrogen and oxygen atoms in total. The molecule has 6 heteroatoms. The molecule has 1 aliphatic rings. The SMILES string of the molecule is O=C(Cl)N1CCC=C(c2cccc([N+](=O)[O-])c2)C1. The van der Waals surface area contributed by atoms with Gasteiger partial charge in [0.15, 0.2) is 0 Å². The van der Waals surface area contributed by atoms with Crippen LogP contribution in [-0.4, -0.2) is 28.3 Å². The van der Waals surface area contributed by atoms with Gasteiger partial charge >= 0.3 is 5.37 Å². The van der Waals surface area contributed by atoms with Gasteiger partial charge in [0.1, 0.15) is 0 Å². The lowest BCUT2D eigenvalue weighted by molar-refractivity contribution is -0.384. The van der Waals surface area contributed by atoms with Crippen molar-refractivity contribution in [1.82, 2.24) is 4.90 Å². The maximum Gasteiger partial charge on any atom is 0.316 e. The number of halogens is 1. The summed E-state index contributed by atoms with van der Waals surface area (Å²) < 4.78 is 0. The highest BCUT2D eigenvalue weighted by Gasteiger charge is 2.18. The Morgan fingerprint density at radius 1 is 1.44 bits per heavy atom. The average Bonchev–Trinajstić information content (AvgIpc) is 2.39. The molecule has 1 aromatic rings. The lowest BCUT2D eigenvalue weighted by Crippen LogP contribution is -2.31. The van der Waals surface area contributed by atoms with Crippen LogP contribution in [0.2, 0.25) is 0 Å². The molecule has 0 saturated carbocycles. The van der Waals surface area contributed by atoms with Crippen molar-refractivity contribution in [2.45, 2.75) is 6.42 Å². The molecular weight excluding hydrogens is 256 g/mol. The molecule has 1 amide bonds. The molecule has 1 aromatic carbocycles. The third-order valence-corrected chi connectivity index (χ3v) is 3.07. The molecule has 0 atom stereocenters. The fourth-order valence-corrected chi connectivity index (χ4v) is 2.07. The summed E-state index contributed by atoms with van der Waals surface area (Å²) in [6.07, 6.45) is 2.69. The molecule has 0 radical (unpaired) electrons. The first-order valence-electron chi connectivity index (χ1n) is 5.46. The standard InChI is InChI=1S/C12H11ClN2O3/c13-12(16)14-6-2-4-10(8-14)9-3-1-5-11(7-9)15(17)18/h1,3-5,7H,2,6,8H2. The van der Waals surface area contributed by atoms with Crippen LogP contribution < -0.4 is 0 Å². The van der Waals surface area contributed by atoms with E-state index in [9.17, 15) is 14.9 Å². The van der Waals surface area contributed by atoms with E-state index in [2.05, 4.69) is 0 Å². The molecule has 0 aromatic heterocycles. The summed E-state index contributed by atoms with van der Waals surface area (Å²) in [6, 6.07) is 6.38. The molecule has 94 valence electrons. The monoisotopic (exact) mass is 266 g/mol. The predicted molar refractivity (Wildman–Crippen MR) is 68.5 cm³/mol. The molecule has 0 aliphatic carbocycles. The molecule has 1 heterocycles. The summed E-state index contributed by atoms with van der Waals surface area (Å²) in [5.41, 5.74) is 1.69. The first kappa shape index (κ1) is 12.6. The summed E-state index contributed by atoms with van der Waals surface area (Å²) in [6.45, 7) is 0.976. The number of amides is 1. The Bertz CT molecular complexity index is 528. The van der Waals surface area contributed by atoms with Crippen LogP contribution in [0.1, 0.15) is 12.0 Å². The number of benzene rings is 1. The van der Waals surface area contributed by atoms with Gasteiger partial charge in [0.2, 0.25) is 0 Å². The number of nitro groups is 1. The lowest BCUT2D eigenvalue weighted by atomic mass is 10.0. The van der Waals surface area contributed by atoms with E-state index in [0.29, 0.717) is 19.5 Å². The van der Waals surface area contributed by atoms with E-state index in [1.54, 1.807) is 12.1 Å². The van der Waals surface area contributed by atoms with Crippen LogP contribution in [0.4, 0.5) is 10.5 Å². The predicted octanol–water partition coefficient (Wildman–Crippen LogP) is 3.04. The number of nitro benzene ring substituents is 1. The van der Waals surface area contributed by atoms with Crippen LogP contribution in [0.25, 0.3) is 5.57 Å². The second-order valence-corrected chi connectivity index (χ2v) is 4.32. The van der Waals surface area contributed by atoms with Crippen LogP contribution >= 0.6 is 11.6 Å². The first-order chi connectivity index (χ1) is 8.58. The van der Waals surface area contributed by atoms with Gasteiger partial charge < -0.3 is 4.90 Å². The van der Waals surface area contributed by atoms with Crippen molar-refractivity contribution < 1.29 is 9.72 Å². The van der Waals surface area contributed by atoms with Crippen LogP contribution in [0, 0.1) is 10.1 Å². The van der Waals surface area contributed by atoms with Gasteiger partial charge in [-0.25, -0.2) is 0 Å². The third kappa shape index (κ3) is 2.68. The largest absolute Gasteiger partial charge is 0.325 e. The molecule has 18 heavy (non-hydrogen) atoms. The number of rotatable bonds is 2. The zero-order chi connectivity index (χ0) is 13.1. The Labute approximate surface area is 109 Å². The molecule has 0 bridgehead atoms. The first-order valence-corrected chi connectivity index (χ1v) is 5.84. The summed E-state index contributed by atoms with van der Waals surface area (Å²) in [4.78, 5) is 22.9. The number of hydrogen-bond donors (Lipinski definition) is 0. The summed E-state index contributed by atoms with van der Waals surface area (Å²) in [5, 5.41) is 10.2. The van der Waals surface area contributed by atoms with Crippen LogP contribution in [0.15, 0.2) is 30.3 Å². The Morgan fingerprint density at radius 3 is 2.89 bits per heavy atom. The molecule has 2 rings (SSSR count). The Balaban J connectivity index is 2.26. The van der Waals surface area contributed by atoms with E-state index in [4.69, 9.17) is 11.6 Å². The molecule has 0 N–H and O–H groups in total. The fourth-order valence-electron chi connectivity index (χ4n) is 1.92. The van der Waals surface area contributed by atoms with Gasteiger partial charge in [-0.05, 0) is 29.2 Å². The van der Waals surface area contributed by atoms with Crippen molar-refractivity contribution in [3.63, 3.8) is 0 Å². The molecular formula is C12H11ClN2O3. The number of carbonyl (C=O) groups is 1. The minimum absolute atomic E-state index is 0.0442. The minimum Gasteiger partial charge on any atom is -0.325 e. The van der Waals surface area contributed by atoms with Crippen LogP contribution in [0.3, 0.4) is 0 Å². The van der Waals surface area contributed by atoms with Crippen molar-refractivity contribution in [2.75, 3.05) is 13.1 Å². The van der Waals surface area contributed by atoms with E-state index in [-0.39, 0.29) is 5.69 Å². The zero-order valence-corrected chi connectivity index (χ0v) is 10.3. The number of non-ortho nitro benzene ring substituents is 1. The van der Waals surface area contributed by atoms with E-state index in [1.807, 2.05) is 6.08 Å². The lowest BCUT2D eigenvalue weighted by Gasteiger charge is -2.25. The van der Waals surface area contributed by atoms with Crippen LogP contribution in [-0.2, 0) is 0 Å². The number of nitrogens with zero attached hydrogens (tertiary/aromatic N) is 2. The van der Waals surface area contributed by atoms with E-state index in [0.717, 1.165) is 11.1 Å². The normalized spacial score (nSPS) is 15.2. The minimum atomic E-state index is -0.494. The van der Waals surface area contributed by atoms with Gasteiger partial charge in [-0.1, -0.05) is 18.2 Å². The molecule has 0 saturated heterocycles. The van der Waals surface area contributed by atoms with Crippen molar-refractivity contribution in [2.24, 2.45) is 0 Å².